The second-order valence-corrected chi connectivity index (χ2v) is 7.21. The zero-order valence-electron chi connectivity index (χ0n) is 13.5. The van der Waals surface area contributed by atoms with Gasteiger partial charge >= 0.3 is 6.09 Å². The molecule has 0 atom stereocenters. The first-order valence-electron chi connectivity index (χ1n) is 7.73. The number of hydrogen-bond donors (Lipinski definition) is 0. The van der Waals surface area contributed by atoms with Crippen LogP contribution < -0.4 is 9.64 Å². The van der Waals surface area contributed by atoms with Gasteiger partial charge in [0.25, 0.3) is 0 Å². The maximum absolute atomic E-state index is 12.2. The highest BCUT2D eigenvalue weighted by Gasteiger charge is 2.29. The molecule has 0 aromatic heterocycles. The lowest BCUT2D eigenvalue weighted by Crippen LogP contribution is -2.35. The van der Waals surface area contributed by atoms with Gasteiger partial charge in [-0.05, 0) is 63.8 Å². The number of halogens is 1. The van der Waals surface area contributed by atoms with Gasteiger partial charge < -0.3 is 9.47 Å². The first-order valence-corrected chi connectivity index (χ1v) is 8.85. The number of benzene rings is 1. The van der Waals surface area contributed by atoms with Gasteiger partial charge in [0.2, 0.25) is 0 Å². The summed E-state index contributed by atoms with van der Waals surface area (Å²) < 4.78 is 11.2. The first kappa shape index (κ1) is 17.1. The van der Waals surface area contributed by atoms with Gasteiger partial charge in [0, 0.05) is 11.9 Å². The molecule has 0 fully saturated rings. The second-order valence-electron chi connectivity index (χ2n) is 6.42. The predicted molar refractivity (Wildman–Crippen MR) is 92.2 cm³/mol. The Morgan fingerprint density at radius 3 is 2.77 bits per heavy atom. The summed E-state index contributed by atoms with van der Waals surface area (Å²) in [7, 11) is 0. The van der Waals surface area contributed by atoms with Crippen LogP contribution in [0.3, 0.4) is 0 Å². The van der Waals surface area contributed by atoms with E-state index in [-0.39, 0.29) is 6.09 Å². The summed E-state index contributed by atoms with van der Waals surface area (Å²) in [5.74, 6) is 0.874. The van der Waals surface area contributed by atoms with Gasteiger partial charge in [-0.25, -0.2) is 4.79 Å². The Balaban J connectivity index is 1.99. The number of rotatable bonds is 5. The Hall–Kier alpha value is -1.23. The maximum Gasteiger partial charge on any atom is 0.414 e. The van der Waals surface area contributed by atoms with E-state index in [4.69, 9.17) is 9.47 Å². The molecule has 1 aromatic rings. The van der Waals surface area contributed by atoms with Crippen LogP contribution in [0.15, 0.2) is 18.2 Å². The molecule has 1 aliphatic heterocycles. The van der Waals surface area contributed by atoms with Crippen molar-refractivity contribution in [2.24, 2.45) is 0 Å². The minimum atomic E-state index is -0.474. The second kappa shape index (κ2) is 7.36. The van der Waals surface area contributed by atoms with E-state index >= 15 is 0 Å². The van der Waals surface area contributed by atoms with Gasteiger partial charge in [-0.2, -0.15) is 0 Å². The fourth-order valence-electron chi connectivity index (χ4n) is 2.36. The molecule has 1 aromatic carbocycles. The van der Waals surface area contributed by atoms with Crippen LogP contribution in [0.4, 0.5) is 10.5 Å². The lowest BCUT2D eigenvalue weighted by Gasteiger charge is -2.24. The molecule has 0 unspecified atom stereocenters. The number of amides is 1. The van der Waals surface area contributed by atoms with Crippen molar-refractivity contribution in [2.45, 2.75) is 45.6 Å². The number of fused-ring (bicyclic) bond motifs is 1. The largest absolute Gasteiger partial charge is 0.494 e. The van der Waals surface area contributed by atoms with E-state index in [1.54, 1.807) is 4.90 Å². The fourth-order valence-corrected chi connectivity index (χ4v) is 2.76. The molecule has 0 aliphatic carbocycles. The van der Waals surface area contributed by atoms with Crippen LogP contribution in [-0.4, -0.2) is 30.2 Å². The minimum Gasteiger partial charge on any atom is -0.494 e. The molecule has 1 heterocycles. The third-order valence-electron chi connectivity index (χ3n) is 3.36. The molecule has 1 amide bonds. The summed E-state index contributed by atoms with van der Waals surface area (Å²) >= 11 is 3.41. The van der Waals surface area contributed by atoms with Crippen LogP contribution >= 0.6 is 15.9 Å². The number of ether oxygens (including phenoxy) is 2. The summed E-state index contributed by atoms with van der Waals surface area (Å²) in [5, 5.41) is 1.01. The molecular weight excluding hydrogens is 346 g/mol. The number of carbonyl (C=O) groups excluding carboxylic acids is 1. The van der Waals surface area contributed by atoms with Crippen molar-refractivity contribution in [3.05, 3.63) is 23.8 Å². The van der Waals surface area contributed by atoms with Gasteiger partial charge in [-0.1, -0.05) is 15.9 Å². The van der Waals surface area contributed by atoms with Gasteiger partial charge in [-0.3, -0.25) is 4.90 Å². The van der Waals surface area contributed by atoms with E-state index in [0.29, 0.717) is 6.54 Å². The molecule has 122 valence electrons. The smallest absolute Gasteiger partial charge is 0.414 e. The Morgan fingerprint density at radius 1 is 1.32 bits per heavy atom. The van der Waals surface area contributed by atoms with E-state index in [1.165, 1.54) is 0 Å². The predicted octanol–water partition coefficient (Wildman–Crippen LogP) is 4.54. The topological polar surface area (TPSA) is 38.8 Å². The van der Waals surface area contributed by atoms with E-state index in [1.807, 2.05) is 39.0 Å². The van der Waals surface area contributed by atoms with E-state index < -0.39 is 5.60 Å². The minimum absolute atomic E-state index is 0.280. The lowest BCUT2D eigenvalue weighted by atomic mass is 10.1. The Bertz CT molecular complexity index is 525. The number of nitrogens with zero attached hydrogens (tertiary/aromatic N) is 1. The normalized spacial score (nSPS) is 13.9. The SMILES string of the molecule is CC(C)(C)OC(=O)N1CCc2cc(OCCCCBr)ccc21. The van der Waals surface area contributed by atoms with E-state index in [0.717, 1.165) is 48.2 Å². The molecule has 0 radical (unpaired) electrons. The monoisotopic (exact) mass is 369 g/mol. The molecule has 0 saturated heterocycles. The Labute approximate surface area is 140 Å². The molecule has 5 heteroatoms. The van der Waals surface area contributed by atoms with Gasteiger partial charge in [0.1, 0.15) is 11.4 Å². The third kappa shape index (κ3) is 4.63. The zero-order chi connectivity index (χ0) is 16.2. The molecule has 22 heavy (non-hydrogen) atoms. The average Bonchev–Trinajstić information content (AvgIpc) is 2.85. The van der Waals surface area contributed by atoms with Crippen LogP contribution in [0.2, 0.25) is 0 Å². The number of anilines is 1. The highest BCUT2D eigenvalue weighted by molar-refractivity contribution is 9.09. The first-order chi connectivity index (χ1) is 10.4. The van der Waals surface area contributed by atoms with Crippen LogP contribution in [0.25, 0.3) is 0 Å². The molecule has 0 saturated carbocycles. The van der Waals surface area contributed by atoms with Crippen molar-refractivity contribution in [3.63, 3.8) is 0 Å². The van der Waals surface area contributed by atoms with E-state index in [2.05, 4.69) is 15.9 Å². The van der Waals surface area contributed by atoms with Crippen LogP contribution in [-0.2, 0) is 11.2 Å². The Morgan fingerprint density at radius 2 is 2.09 bits per heavy atom. The van der Waals surface area contributed by atoms with Crippen molar-refractivity contribution in [3.8, 4) is 5.75 Å². The lowest BCUT2D eigenvalue weighted by molar-refractivity contribution is 0.0584. The molecule has 0 N–H and O–H groups in total. The van der Waals surface area contributed by atoms with Crippen molar-refractivity contribution in [2.75, 3.05) is 23.4 Å². The van der Waals surface area contributed by atoms with Crippen molar-refractivity contribution < 1.29 is 14.3 Å². The summed E-state index contributed by atoms with van der Waals surface area (Å²) in [6, 6.07) is 5.91. The Kier molecular flexibility index (Phi) is 5.73. The summed E-state index contributed by atoms with van der Waals surface area (Å²) in [6.45, 7) is 7.03. The highest BCUT2D eigenvalue weighted by atomic mass is 79.9. The average molecular weight is 370 g/mol. The number of carbonyl (C=O) groups is 1. The van der Waals surface area contributed by atoms with Crippen molar-refractivity contribution >= 4 is 27.7 Å². The molecule has 1 aliphatic rings. The van der Waals surface area contributed by atoms with Gasteiger partial charge in [-0.15, -0.1) is 0 Å². The maximum atomic E-state index is 12.2. The van der Waals surface area contributed by atoms with Gasteiger partial charge in [0.05, 0.1) is 12.3 Å². The van der Waals surface area contributed by atoms with Crippen molar-refractivity contribution in [1.82, 2.24) is 0 Å². The molecule has 0 spiro atoms. The molecule has 0 bridgehead atoms. The van der Waals surface area contributed by atoms with Gasteiger partial charge in [0.15, 0.2) is 0 Å². The van der Waals surface area contributed by atoms with Crippen LogP contribution in [0.5, 0.6) is 5.75 Å². The van der Waals surface area contributed by atoms with Crippen LogP contribution in [0.1, 0.15) is 39.2 Å². The summed E-state index contributed by atoms with van der Waals surface area (Å²) in [5.41, 5.74) is 1.60. The number of hydrogen-bond acceptors (Lipinski definition) is 3. The standard InChI is InChI=1S/C17H24BrNO3/c1-17(2,3)22-16(20)19-10-8-13-12-14(6-7-15(13)19)21-11-5-4-9-18/h6-7,12H,4-5,8-11H2,1-3H3. The fraction of sp³-hybridized carbons (Fsp3) is 0.588. The molecule has 2 rings (SSSR count). The quantitative estimate of drug-likeness (QED) is 0.564. The third-order valence-corrected chi connectivity index (χ3v) is 3.92. The molecule has 4 nitrogen and oxygen atoms in total. The summed E-state index contributed by atoms with van der Waals surface area (Å²) in [6.07, 6.45) is 2.70. The molecular formula is C17H24BrNO3. The van der Waals surface area contributed by atoms with Crippen molar-refractivity contribution in [1.29, 1.82) is 0 Å². The zero-order valence-corrected chi connectivity index (χ0v) is 15.1. The van der Waals surface area contributed by atoms with Crippen LogP contribution in [0, 0.1) is 0 Å². The summed E-state index contributed by atoms with van der Waals surface area (Å²) in [4.78, 5) is 13.9. The number of alkyl halides is 1. The highest BCUT2D eigenvalue weighted by Crippen LogP contribution is 2.32. The van der Waals surface area contributed by atoms with E-state index in [9.17, 15) is 4.79 Å². The number of unbranched alkanes of at least 4 members (excludes halogenated alkanes) is 1.